The van der Waals surface area contributed by atoms with Crippen molar-refractivity contribution < 1.29 is 22.3 Å². The molecule has 0 atom stereocenters. The van der Waals surface area contributed by atoms with Gasteiger partial charge in [0.05, 0.1) is 0 Å². The first kappa shape index (κ1) is 11.3. The summed E-state index contributed by atoms with van der Waals surface area (Å²) in [6.07, 6.45) is -3.53. The Morgan fingerprint density at radius 1 is 1.27 bits per heavy atom. The Morgan fingerprint density at radius 3 is 2.07 bits per heavy atom. The number of nitriles is 1. The molecule has 0 heterocycles. The maximum absolute atomic E-state index is 12.9. The SMILES string of the molecule is CC(F)(F)Oc1cc(F)c(C#N)c(F)c1. The zero-order valence-electron chi connectivity index (χ0n) is 7.52. The van der Waals surface area contributed by atoms with Gasteiger partial charge in [0.15, 0.2) is 0 Å². The number of nitrogens with zero attached hydrogens (tertiary/aromatic N) is 1. The lowest BCUT2D eigenvalue weighted by Gasteiger charge is -2.13. The summed E-state index contributed by atoms with van der Waals surface area (Å²) in [5, 5.41) is 8.30. The van der Waals surface area contributed by atoms with E-state index in [0.717, 1.165) is 0 Å². The Balaban J connectivity index is 3.11. The van der Waals surface area contributed by atoms with Gasteiger partial charge >= 0.3 is 6.11 Å². The molecule has 0 spiro atoms. The Kier molecular flexibility index (Phi) is 2.84. The van der Waals surface area contributed by atoms with E-state index in [4.69, 9.17) is 5.26 Å². The molecule has 0 radical (unpaired) electrons. The van der Waals surface area contributed by atoms with Crippen LogP contribution in [0.3, 0.4) is 0 Å². The summed E-state index contributed by atoms with van der Waals surface area (Å²) in [5.74, 6) is -3.15. The zero-order valence-corrected chi connectivity index (χ0v) is 7.52. The van der Waals surface area contributed by atoms with Crippen molar-refractivity contribution in [2.75, 3.05) is 0 Å². The second kappa shape index (κ2) is 3.77. The highest BCUT2D eigenvalue weighted by Crippen LogP contribution is 2.25. The predicted molar refractivity (Wildman–Crippen MR) is 42.3 cm³/mol. The molecule has 0 fully saturated rings. The first-order valence-electron chi connectivity index (χ1n) is 3.79. The molecule has 0 aliphatic heterocycles. The van der Waals surface area contributed by atoms with E-state index in [2.05, 4.69) is 4.74 Å². The number of rotatable bonds is 2. The van der Waals surface area contributed by atoms with E-state index < -0.39 is 29.1 Å². The van der Waals surface area contributed by atoms with Crippen LogP contribution in [0.4, 0.5) is 17.6 Å². The third-order valence-electron chi connectivity index (χ3n) is 1.42. The van der Waals surface area contributed by atoms with Gasteiger partial charge in [0, 0.05) is 19.1 Å². The second-order valence-corrected chi connectivity index (χ2v) is 2.78. The van der Waals surface area contributed by atoms with Crippen molar-refractivity contribution in [3.63, 3.8) is 0 Å². The predicted octanol–water partition coefficient (Wildman–Crippen LogP) is 2.83. The van der Waals surface area contributed by atoms with Gasteiger partial charge in [-0.15, -0.1) is 0 Å². The van der Waals surface area contributed by atoms with Crippen LogP contribution in [-0.4, -0.2) is 6.11 Å². The van der Waals surface area contributed by atoms with Crippen LogP contribution in [0.25, 0.3) is 0 Å². The lowest BCUT2D eigenvalue weighted by molar-refractivity contribution is -0.159. The molecule has 0 saturated heterocycles. The van der Waals surface area contributed by atoms with Crippen molar-refractivity contribution in [1.82, 2.24) is 0 Å². The third-order valence-corrected chi connectivity index (χ3v) is 1.42. The van der Waals surface area contributed by atoms with Crippen molar-refractivity contribution in [3.05, 3.63) is 29.3 Å². The molecule has 0 amide bonds. The molecule has 1 rings (SSSR count). The van der Waals surface area contributed by atoms with Gasteiger partial charge < -0.3 is 4.74 Å². The van der Waals surface area contributed by atoms with E-state index in [1.165, 1.54) is 6.07 Å². The number of alkyl halides is 2. The Hall–Kier alpha value is -1.77. The normalized spacial score (nSPS) is 10.9. The average molecular weight is 219 g/mol. The van der Waals surface area contributed by atoms with Gasteiger partial charge in [-0.1, -0.05) is 0 Å². The molecule has 1 aromatic rings. The molecule has 0 aromatic heterocycles. The van der Waals surface area contributed by atoms with Crippen LogP contribution in [0.2, 0.25) is 0 Å². The van der Waals surface area contributed by atoms with E-state index in [1.807, 2.05) is 0 Å². The molecule has 0 aliphatic carbocycles. The van der Waals surface area contributed by atoms with Crippen molar-refractivity contribution in [1.29, 1.82) is 5.26 Å². The van der Waals surface area contributed by atoms with Gasteiger partial charge in [-0.05, 0) is 0 Å². The van der Waals surface area contributed by atoms with E-state index in [9.17, 15) is 17.6 Å². The van der Waals surface area contributed by atoms with Crippen molar-refractivity contribution in [3.8, 4) is 11.8 Å². The van der Waals surface area contributed by atoms with Crippen LogP contribution >= 0.6 is 0 Å². The highest BCUT2D eigenvalue weighted by atomic mass is 19.3. The van der Waals surface area contributed by atoms with Gasteiger partial charge in [0.1, 0.15) is 29.0 Å². The zero-order chi connectivity index (χ0) is 11.6. The molecule has 0 aliphatic rings. The summed E-state index contributed by atoms with van der Waals surface area (Å²) in [6, 6.07) is 2.31. The maximum Gasteiger partial charge on any atom is 0.394 e. The fourth-order valence-corrected chi connectivity index (χ4v) is 0.923. The molecule has 0 N–H and O–H groups in total. The fourth-order valence-electron chi connectivity index (χ4n) is 0.923. The van der Waals surface area contributed by atoms with Crippen LogP contribution in [0, 0.1) is 23.0 Å². The Morgan fingerprint density at radius 2 is 1.73 bits per heavy atom. The number of halogens is 4. The van der Waals surface area contributed by atoms with Gasteiger partial charge in [0.2, 0.25) is 0 Å². The highest BCUT2D eigenvalue weighted by Gasteiger charge is 2.24. The van der Waals surface area contributed by atoms with Gasteiger partial charge in [-0.2, -0.15) is 14.0 Å². The smallest absolute Gasteiger partial charge is 0.394 e. The molecular weight excluding hydrogens is 214 g/mol. The molecule has 0 saturated carbocycles. The fraction of sp³-hybridized carbons (Fsp3) is 0.222. The second-order valence-electron chi connectivity index (χ2n) is 2.78. The first-order valence-corrected chi connectivity index (χ1v) is 3.79. The van der Waals surface area contributed by atoms with Gasteiger partial charge in [-0.25, -0.2) is 8.78 Å². The first-order chi connectivity index (χ1) is 6.83. The number of ether oxygens (including phenoxy) is 1. The minimum Gasteiger partial charge on any atom is -0.433 e. The number of hydrogen-bond donors (Lipinski definition) is 0. The Labute approximate surface area is 82.7 Å². The lowest BCUT2D eigenvalue weighted by atomic mass is 10.2. The topological polar surface area (TPSA) is 33.0 Å². The molecule has 15 heavy (non-hydrogen) atoms. The minimum absolute atomic E-state index is 0.432. The van der Waals surface area contributed by atoms with Crippen LogP contribution in [0.5, 0.6) is 5.75 Å². The lowest BCUT2D eigenvalue weighted by Crippen LogP contribution is -2.19. The number of benzene rings is 1. The maximum atomic E-state index is 12.9. The molecule has 0 bridgehead atoms. The summed E-state index contributed by atoms with van der Waals surface area (Å²) in [6.45, 7) is 0.432. The van der Waals surface area contributed by atoms with E-state index in [1.54, 1.807) is 0 Å². The van der Waals surface area contributed by atoms with Gasteiger partial charge in [0.25, 0.3) is 0 Å². The van der Waals surface area contributed by atoms with Crippen LogP contribution in [-0.2, 0) is 0 Å². The number of hydrogen-bond acceptors (Lipinski definition) is 2. The quantitative estimate of drug-likeness (QED) is 0.716. The highest BCUT2D eigenvalue weighted by molar-refractivity contribution is 5.37. The van der Waals surface area contributed by atoms with Crippen molar-refractivity contribution in [2.24, 2.45) is 0 Å². The van der Waals surface area contributed by atoms with Crippen LogP contribution in [0.1, 0.15) is 12.5 Å². The average Bonchev–Trinajstić information content (AvgIpc) is 1.99. The third kappa shape index (κ3) is 2.84. The van der Waals surface area contributed by atoms with Gasteiger partial charge in [-0.3, -0.25) is 0 Å². The van der Waals surface area contributed by atoms with Crippen molar-refractivity contribution in [2.45, 2.75) is 13.0 Å². The van der Waals surface area contributed by atoms with Crippen LogP contribution < -0.4 is 4.74 Å². The summed E-state index contributed by atoms with van der Waals surface area (Å²) >= 11 is 0. The van der Waals surface area contributed by atoms with E-state index >= 15 is 0 Å². The molecule has 2 nitrogen and oxygen atoms in total. The molecule has 0 unspecified atom stereocenters. The standard InChI is InChI=1S/C9H5F4NO/c1-9(12,13)15-5-2-7(10)6(4-14)8(11)3-5/h2-3H,1H3. The summed E-state index contributed by atoms with van der Waals surface area (Å²) in [4.78, 5) is 0. The van der Waals surface area contributed by atoms with Crippen LogP contribution in [0.15, 0.2) is 12.1 Å². The summed E-state index contributed by atoms with van der Waals surface area (Å²) in [7, 11) is 0. The Bertz CT molecular complexity index is 396. The summed E-state index contributed by atoms with van der Waals surface area (Å²) in [5.41, 5.74) is -0.832. The monoisotopic (exact) mass is 219 g/mol. The largest absolute Gasteiger partial charge is 0.433 e. The molecular formula is C9H5F4NO. The summed E-state index contributed by atoms with van der Waals surface area (Å²) < 4.78 is 54.4. The molecule has 6 heteroatoms. The van der Waals surface area contributed by atoms with E-state index in [0.29, 0.717) is 19.1 Å². The molecule has 1 aromatic carbocycles. The van der Waals surface area contributed by atoms with Crippen molar-refractivity contribution >= 4 is 0 Å². The van der Waals surface area contributed by atoms with E-state index in [-0.39, 0.29) is 0 Å². The molecule has 80 valence electrons. The minimum atomic E-state index is -3.53.